The van der Waals surface area contributed by atoms with Gasteiger partial charge in [0.05, 0.1) is 19.8 Å². The second kappa shape index (κ2) is 6.26. The maximum Gasteiger partial charge on any atom is 0.141 e. The van der Waals surface area contributed by atoms with Crippen molar-refractivity contribution in [3.63, 3.8) is 0 Å². The summed E-state index contributed by atoms with van der Waals surface area (Å²) in [6, 6.07) is 1.93. The van der Waals surface area contributed by atoms with E-state index >= 15 is 0 Å². The van der Waals surface area contributed by atoms with Crippen molar-refractivity contribution in [3.05, 3.63) is 22.4 Å². The van der Waals surface area contributed by atoms with Gasteiger partial charge in [-0.05, 0) is 11.4 Å². The van der Waals surface area contributed by atoms with E-state index in [2.05, 4.69) is 9.97 Å². The van der Waals surface area contributed by atoms with Gasteiger partial charge in [-0.15, -0.1) is 11.3 Å². The van der Waals surface area contributed by atoms with Crippen LogP contribution >= 0.6 is 22.9 Å². The molecule has 0 radical (unpaired) electrons. The molecule has 0 unspecified atom stereocenters. The standard InChI is InChI=1S/C11H13ClN2O2S/c1-15-5-6-16-4-2-9-13-10(12)8-3-7-17-11(8)14-9/h3,7H,2,4-6H2,1H3. The largest absolute Gasteiger partial charge is 0.382 e. The predicted octanol–water partition coefficient (Wildman–Crippen LogP) is 2.55. The third kappa shape index (κ3) is 3.35. The molecule has 0 spiro atoms. The van der Waals surface area contributed by atoms with Gasteiger partial charge >= 0.3 is 0 Å². The van der Waals surface area contributed by atoms with Crippen molar-refractivity contribution in [1.82, 2.24) is 9.97 Å². The van der Waals surface area contributed by atoms with E-state index in [1.54, 1.807) is 18.4 Å². The molecule has 92 valence electrons. The smallest absolute Gasteiger partial charge is 0.141 e. The molecule has 17 heavy (non-hydrogen) atoms. The monoisotopic (exact) mass is 272 g/mol. The second-order valence-corrected chi connectivity index (χ2v) is 4.68. The third-order valence-electron chi connectivity index (χ3n) is 2.23. The first-order valence-corrected chi connectivity index (χ1v) is 6.53. The lowest BCUT2D eigenvalue weighted by molar-refractivity contribution is 0.0716. The fourth-order valence-electron chi connectivity index (χ4n) is 1.38. The highest BCUT2D eigenvalue weighted by Gasteiger charge is 2.06. The number of aromatic nitrogens is 2. The minimum atomic E-state index is 0.517. The van der Waals surface area contributed by atoms with Gasteiger partial charge in [-0.2, -0.15) is 0 Å². The van der Waals surface area contributed by atoms with Crippen molar-refractivity contribution in [1.29, 1.82) is 0 Å². The van der Waals surface area contributed by atoms with Gasteiger partial charge in [-0.1, -0.05) is 11.6 Å². The highest BCUT2D eigenvalue weighted by molar-refractivity contribution is 7.16. The highest BCUT2D eigenvalue weighted by atomic mass is 35.5. The zero-order valence-electron chi connectivity index (χ0n) is 9.48. The van der Waals surface area contributed by atoms with Gasteiger partial charge < -0.3 is 9.47 Å². The first-order valence-electron chi connectivity index (χ1n) is 5.27. The fourth-order valence-corrected chi connectivity index (χ4v) is 2.47. The van der Waals surface area contributed by atoms with E-state index in [0.717, 1.165) is 16.0 Å². The fraction of sp³-hybridized carbons (Fsp3) is 0.455. The number of halogens is 1. The number of thiophene rings is 1. The summed E-state index contributed by atoms with van der Waals surface area (Å²) < 4.78 is 10.3. The van der Waals surface area contributed by atoms with Crippen LogP contribution in [0.2, 0.25) is 5.15 Å². The van der Waals surface area contributed by atoms with E-state index in [9.17, 15) is 0 Å². The minimum absolute atomic E-state index is 0.517. The summed E-state index contributed by atoms with van der Waals surface area (Å²) in [5.74, 6) is 0.724. The lowest BCUT2D eigenvalue weighted by Crippen LogP contribution is -2.07. The van der Waals surface area contributed by atoms with Gasteiger partial charge in [-0.3, -0.25) is 0 Å². The number of hydrogen-bond donors (Lipinski definition) is 0. The van der Waals surface area contributed by atoms with Crippen LogP contribution in [0.4, 0.5) is 0 Å². The van der Waals surface area contributed by atoms with Crippen molar-refractivity contribution in [2.75, 3.05) is 26.9 Å². The molecule has 6 heteroatoms. The molecule has 0 fully saturated rings. The Morgan fingerprint density at radius 2 is 2.18 bits per heavy atom. The van der Waals surface area contributed by atoms with Gasteiger partial charge in [-0.25, -0.2) is 9.97 Å². The van der Waals surface area contributed by atoms with Crippen LogP contribution in [-0.2, 0) is 15.9 Å². The first kappa shape index (κ1) is 12.7. The lowest BCUT2D eigenvalue weighted by Gasteiger charge is -2.03. The van der Waals surface area contributed by atoms with Crippen molar-refractivity contribution in [2.24, 2.45) is 0 Å². The summed E-state index contributed by atoms with van der Waals surface area (Å²) in [5.41, 5.74) is 0. The van der Waals surface area contributed by atoms with Crippen LogP contribution in [0.5, 0.6) is 0 Å². The molecule has 0 bridgehead atoms. The van der Waals surface area contributed by atoms with Gasteiger partial charge in [0.2, 0.25) is 0 Å². The summed E-state index contributed by atoms with van der Waals surface area (Å²) >= 11 is 7.63. The number of ether oxygens (including phenoxy) is 2. The first-order chi connectivity index (χ1) is 8.31. The zero-order chi connectivity index (χ0) is 12.1. The SMILES string of the molecule is COCCOCCc1nc(Cl)c2ccsc2n1. The Balaban J connectivity index is 1.94. The Morgan fingerprint density at radius 1 is 1.29 bits per heavy atom. The van der Waals surface area contributed by atoms with E-state index < -0.39 is 0 Å². The number of nitrogens with zero attached hydrogens (tertiary/aromatic N) is 2. The predicted molar refractivity (Wildman–Crippen MR) is 68.8 cm³/mol. The summed E-state index contributed by atoms with van der Waals surface area (Å²) in [4.78, 5) is 9.59. The Morgan fingerprint density at radius 3 is 3.00 bits per heavy atom. The second-order valence-electron chi connectivity index (χ2n) is 3.43. The van der Waals surface area contributed by atoms with Crippen LogP contribution in [0.3, 0.4) is 0 Å². The molecule has 0 aliphatic rings. The van der Waals surface area contributed by atoms with Crippen LogP contribution in [0.15, 0.2) is 11.4 Å². The summed E-state index contributed by atoms with van der Waals surface area (Å²) in [6.07, 6.45) is 0.664. The minimum Gasteiger partial charge on any atom is -0.382 e. The van der Waals surface area contributed by atoms with Gasteiger partial charge in [0.25, 0.3) is 0 Å². The molecular weight excluding hydrogens is 260 g/mol. The molecular formula is C11H13ClN2O2S. The molecule has 0 saturated carbocycles. The molecule has 2 aromatic rings. The normalized spacial score (nSPS) is 11.2. The average molecular weight is 273 g/mol. The number of rotatable bonds is 6. The van der Waals surface area contributed by atoms with E-state index in [0.29, 0.717) is 31.4 Å². The Hall–Kier alpha value is -0.750. The van der Waals surface area contributed by atoms with Gasteiger partial charge in [0.15, 0.2) is 0 Å². The van der Waals surface area contributed by atoms with Crippen molar-refractivity contribution in [2.45, 2.75) is 6.42 Å². The van der Waals surface area contributed by atoms with Crippen molar-refractivity contribution < 1.29 is 9.47 Å². The number of methoxy groups -OCH3 is 1. The average Bonchev–Trinajstić information content (AvgIpc) is 2.77. The highest BCUT2D eigenvalue weighted by Crippen LogP contribution is 2.24. The lowest BCUT2D eigenvalue weighted by atomic mass is 10.4. The molecule has 0 aromatic carbocycles. The summed E-state index contributed by atoms with van der Waals surface area (Å²) in [6.45, 7) is 1.77. The molecule has 0 atom stereocenters. The number of hydrogen-bond acceptors (Lipinski definition) is 5. The molecule has 0 aliphatic heterocycles. The molecule has 4 nitrogen and oxygen atoms in total. The Bertz CT molecular complexity index is 489. The van der Waals surface area contributed by atoms with Crippen molar-refractivity contribution in [3.8, 4) is 0 Å². The molecule has 0 N–H and O–H groups in total. The summed E-state index contributed by atoms with van der Waals surface area (Å²) in [7, 11) is 1.65. The van der Waals surface area contributed by atoms with E-state index in [1.165, 1.54) is 0 Å². The molecule has 2 aromatic heterocycles. The summed E-state index contributed by atoms with van der Waals surface area (Å²) in [5, 5.41) is 3.40. The maximum absolute atomic E-state index is 6.06. The molecule has 2 heterocycles. The van der Waals surface area contributed by atoms with E-state index in [4.69, 9.17) is 21.1 Å². The topological polar surface area (TPSA) is 44.2 Å². The molecule has 2 rings (SSSR count). The Kier molecular flexibility index (Phi) is 4.67. The zero-order valence-corrected chi connectivity index (χ0v) is 11.1. The van der Waals surface area contributed by atoms with Crippen LogP contribution in [-0.4, -0.2) is 36.9 Å². The van der Waals surface area contributed by atoms with E-state index in [1.807, 2.05) is 11.4 Å². The number of fused-ring (bicyclic) bond motifs is 1. The van der Waals surface area contributed by atoms with Crippen LogP contribution in [0.25, 0.3) is 10.2 Å². The van der Waals surface area contributed by atoms with Crippen LogP contribution in [0.1, 0.15) is 5.82 Å². The van der Waals surface area contributed by atoms with Crippen LogP contribution in [0, 0.1) is 0 Å². The quantitative estimate of drug-likeness (QED) is 0.599. The van der Waals surface area contributed by atoms with Crippen LogP contribution < -0.4 is 0 Å². The third-order valence-corrected chi connectivity index (χ3v) is 3.32. The maximum atomic E-state index is 6.06. The Labute approximate surface area is 109 Å². The van der Waals surface area contributed by atoms with E-state index in [-0.39, 0.29) is 0 Å². The van der Waals surface area contributed by atoms with Gasteiger partial charge in [0.1, 0.15) is 15.8 Å². The molecule has 0 aliphatic carbocycles. The van der Waals surface area contributed by atoms with Crippen molar-refractivity contribution >= 4 is 33.2 Å². The van der Waals surface area contributed by atoms with Gasteiger partial charge in [0, 0.05) is 18.9 Å². The molecule has 0 amide bonds. The molecule has 0 saturated heterocycles.